The smallest absolute Gasteiger partial charge is 0.233 e. The van der Waals surface area contributed by atoms with Gasteiger partial charge in [-0.05, 0) is 36.8 Å². The molecule has 0 aromatic heterocycles. The molecule has 0 bridgehead atoms. The highest BCUT2D eigenvalue weighted by Gasteiger charge is 2.17. The van der Waals surface area contributed by atoms with E-state index in [0.717, 1.165) is 22.0 Å². The van der Waals surface area contributed by atoms with Crippen LogP contribution in [0.3, 0.4) is 0 Å². The summed E-state index contributed by atoms with van der Waals surface area (Å²) in [7, 11) is 0. The first-order valence-electron chi connectivity index (χ1n) is 7.71. The Kier molecular flexibility index (Phi) is 5.53. The van der Waals surface area contributed by atoms with Crippen LogP contribution in [0.15, 0.2) is 47.4 Å². The number of carbonyl (C=O) groups excluding carboxylic acids is 1. The average molecular weight is 364 g/mol. The molecule has 2 aromatic rings. The first kappa shape index (κ1) is 17.0. The summed E-state index contributed by atoms with van der Waals surface area (Å²) in [6.07, 6.45) is 0. The Bertz CT molecular complexity index is 738. The number of hydrogen-bond acceptors (Lipinski definition) is 4. The third-order valence-corrected chi connectivity index (χ3v) is 5.07. The number of rotatable bonds is 5. The fourth-order valence-corrected chi connectivity index (χ4v) is 3.45. The van der Waals surface area contributed by atoms with E-state index < -0.39 is 0 Å². The van der Waals surface area contributed by atoms with E-state index in [2.05, 4.69) is 5.32 Å². The molecule has 1 atom stereocenters. The second-order valence-electron chi connectivity index (χ2n) is 5.37. The van der Waals surface area contributed by atoms with Gasteiger partial charge in [0, 0.05) is 16.5 Å². The minimum Gasteiger partial charge on any atom is -0.486 e. The van der Waals surface area contributed by atoms with Gasteiger partial charge in [-0.2, -0.15) is 0 Å². The Morgan fingerprint density at radius 2 is 1.96 bits per heavy atom. The summed E-state index contributed by atoms with van der Waals surface area (Å²) in [6, 6.07) is 13.2. The van der Waals surface area contributed by atoms with E-state index in [9.17, 15) is 4.79 Å². The number of thioether (sulfide) groups is 1. The van der Waals surface area contributed by atoms with Crippen molar-refractivity contribution >= 4 is 29.3 Å². The molecule has 6 heteroatoms. The van der Waals surface area contributed by atoms with Gasteiger partial charge >= 0.3 is 0 Å². The molecule has 1 unspecified atom stereocenters. The molecule has 0 radical (unpaired) electrons. The quantitative estimate of drug-likeness (QED) is 0.818. The predicted octanol–water partition coefficient (Wildman–Crippen LogP) is 3.91. The standard InChI is InChI=1S/C18H18ClNO3S/c1-12(18(21)20-11-13-4-2-3-5-15(13)19)24-14-6-7-16-17(10-14)23-9-8-22-16/h2-7,10,12H,8-9,11H2,1H3,(H,20,21). The van der Waals surface area contributed by atoms with Crippen molar-refractivity contribution in [1.29, 1.82) is 0 Å². The van der Waals surface area contributed by atoms with Crippen LogP contribution in [0.2, 0.25) is 5.02 Å². The van der Waals surface area contributed by atoms with Gasteiger partial charge in [-0.3, -0.25) is 4.79 Å². The van der Waals surface area contributed by atoms with Gasteiger partial charge in [0.15, 0.2) is 11.5 Å². The molecule has 1 N–H and O–H groups in total. The number of amides is 1. The Labute approximate surface area is 150 Å². The third-order valence-electron chi connectivity index (χ3n) is 3.61. The van der Waals surface area contributed by atoms with Crippen LogP contribution in [-0.2, 0) is 11.3 Å². The zero-order valence-electron chi connectivity index (χ0n) is 13.3. The van der Waals surface area contributed by atoms with Gasteiger partial charge in [0.1, 0.15) is 13.2 Å². The Morgan fingerprint density at radius 3 is 2.75 bits per heavy atom. The molecule has 0 aliphatic carbocycles. The zero-order chi connectivity index (χ0) is 16.9. The predicted molar refractivity (Wildman–Crippen MR) is 96.0 cm³/mol. The van der Waals surface area contributed by atoms with Crippen molar-refractivity contribution < 1.29 is 14.3 Å². The average Bonchev–Trinajstić information content (AvgIpc) is 2.60. The van der Waals surface area contributed by atoms with Crippen molar-refractivity contribution in [2.45, 2.75) is 23.6 Å². The minimum absolute atomic E-state index is 0.0326. The number of halogens is 1. The SMILES string of the molecule is CC(Sc1ccc2c(c1)OCCO2)C(=O)NCc1ccccc1Cl. The summed E-state index contributed by atoms with van der Waals surface area (Å²) >= 11 is 7.59. The first-order valence-corrected chi connectivity index (χ1v) is 8.96. The van der Waals surface area contributed by atoms with Gasteiger partial charge in [0.25, 0.3) is 0 Å². The second-order valence-corrected chi connectivity index (χ2v) is 7.20. The lowest BCUT2D eigenvalue weighted by Crippen LogP contribution is -2.30. The maximum atomic E-state index is 12.3. The van der Waals surface area contributed by atoms with Crippen molar-refractivity contribution in [1.82, 2.24) is 5.32 Å². The molecule has 1 aliphatic rings. The Balaban J connectivity index is 1.57. The van der Waals surface area contributed by atoms with Gasteiger partial charge in [-0.15, -0.1) is 11.8 Å². The Hall–Kier alpha value is -1.85. The van der Waals surface area contributed by atoms with Gasteiger partial charge in [0.2, 0.25) is 5.91 Å². The van der Waals surface area contributed by atoms with Crippen LogP contribution in [-0.4, -0.2) is 24.4 Å². The molecule has 0 spiro atoms. The van der Waals surface area contributed by atoms with Crippen LogP contribution in [0.1, 0.15) is 12.5 Å². The lowest BCUT2D eigenvalue weighted by atomic mass is 10.2. The highest BCUT2D eigenvalue weighted by Crippen LogP contribution is 2.35. The number of carbonyl (C=O) groups is 1. The zero-order valence-corrected chi connectivity index (χ0v) is 14.8. The lowest BCUT2D eigenvalue weighted by molar-refractivity contribution is -0.120. The molecule has 3 rings (SSSR count). The summed E-state index contributed by atoms with van der Waals surface area (Å²) in [5.74, 6) is 1.45. The van der Waals surface area contributed by atoms with E-state index >= 15 is 0 Å². The molecule has 0 saturated heterocycles. The topological polar surface area (TPSA) is 47.6 Å². The van der Waals surface area contributed by atoms with E-state index in [0.29, 0.717) is 24.8 Å². The molecule has 0 saturated carbocycles. The van der Waals surface area contributed by atoms with E-state index in [1.54, 1.807) is 0 Å². The molecule has 126 valence electrons. The second kappa shape index (κ2) is 7.81. The highest BCUT2D eigenvalue weighted by atomic mass is 35.5. The fourth-order valence-electron chi connectivity index (χ4n) is 2.32. The van der Waals surface area contributed by atoms with Gasteiger partial charge in [-0.1, -0.05) is 29.8 Å². The maximum absolute atomic E-state index is 12.3. The van der Waals surface area contributed by atoms with Gasteiger partial charge in [0.05, 0.1) is 5.25 Å². The van der Waals surface area contributed by atoms with Gasteiger partial charge < -0.3 is 14.8 Å². The lowest BCUT2D eigenvalue weighted by Gasteiger charge is -2.19. The molecule has 24 heavy (non-hydrogen) atoms. The molecule has 0 fully saturated rings. The van der Waals surface area contributed by atoms with Gasteiger partial charge in [-0.25, -0.2) is 0 Å². The normalized spacial score (nSPS) is 14.1. The van der Waals surface area contributed by atoms with Crippen molar-refractivity contribution in [3.8, 4) is 11.5 Å². The van der Waals surface area contributed by atoms with Crippen molar-refractivity contribution in [2.24, 2.45) is 0 Å². The fraction of sp³-hybridized carbons (Fsp3) is 0.278. The summed E-state index contributed by atoms with van der Waals surface area (Å²) in [6.45, 7) is 3.42. The van der Waals surface area contributed by atoms with E-state index in [1.807, 2.05) is 49.4 Å². The maximum Gasteiger partial charge on any atom is 0.233 e. The van der Waals surface area contributed by atoms with Crippen molar-refractivity contribution in [3.63, 3.8) is 0 Å². The monoisotopic (exact) mass is 363 g/mol. The Morgan fingerprint density at radius 1 is 1.21 bits per heavy atom. The molecule has 4 nitrogen and oxygen atoms in total. The summed E-state index contributed by atoms with van der Waals surface area (Å²) < 4.78 is 11.1. The molecule has 1 heterocycles. The van der Waals surface area contributed by atoms with Crippen LogP contribution >= 0.6 is 23.4 Å². The largest absolute Gasteiger partial charge is 0.486 e. The minimum atomic E-state index is -0.227. The number of benzene rings is 2. The van der Waals surface area contributed by atoms with Crippen molar-refractivity contribution in [3.05, 3.63) is 53.1 Å². The van der Waals surface area contributed by atoms with E-state index in [-0.39, 0.29) is 11.2 Å². The number of hydrogen-bond donors (Lipinski definition) is 1. The molecular formula is C18H18ClNO3S. The molecule has 1 amide bonds. The van der Waals surface area contributed by atoms with E-state index in [4.69, 9.17) is 21.1 Å². The van der Waals surface area contributed by atoms with Crippen molar-refractivity contribution in [2.75, 3.05) is 13.2 Å². The molecule has 1 aliphatic heterocycles. The van der Waals surface area contributed by atoms with Crippen LogP contribution in [0, 0.1) is 0 Å². The highest BCUT2D eigenvalue weighted by molar-refractivity contribution is 8.00. The van der Waals surface area contributed by atoms with Crippen LogP contribution < -0.4 is 14.8 Å². The summed E-state index contributed by atoms with van der Waals surface area (Å²) in [5, 5.41) is 3.35. The summed E-state index contributed by atoms with van der Waals surface area (Å²) in [5.41, 5.74) is 0.907. The molecular weight excluding hydrogens is 346 g/mol. The number of fused-ring (bicyclic) bond motifs is 1. The molecule has 2 aromatic carbocycles. The summed E-state index contributed by atoms with van der Waals surface area (Å²) in [4.78, 5) is 13.3. The third kappa shape index (κ3) is 4.16. The number of ether oxygens (including phenoxy) is 2. The van der Waals surface area contributed by atoms with Crippen LogP contribution in [0.25, 0.3) is 0 Å². The van der Waals surface area contributed by atoms with Crippen LogP contribution in [0.5, 0.6) is 11.5 Å². The first-order chi connectivity index (χ1) is 11.6. The van der Waals surface area contributed by atoms with E-state index in [1.165, 1.54) is 11.8 Å². The van der Waals surface area contributed by atoms with Crippen LogP contribution in [0.4, 0.5) is 0 Å². The number of nitrogens with one attached hydrogen (secondary N) is 1.